The number of nitrogens with one attached hydrogen (secondary N) is 1. The Morgan fingerprint density at radius 2 is 2.11 bits per heavy atom. The second-order valence-corrected chi connectivity index (χ2v) is 6.14. The summed E-state index contributed by atoms with van der Waals surface area (Å²) in [4.78, 5) is 2.13. The highest BCUT2D eigenvalue weighted by Crippen LogP contribution is 2.44. The lowest BCUT2D eigenvalue weighted by Crippen LogP contribution is -2.58. The van der Waals surface area contributed by atoms with Gasteiger partial charge in [-0.15, -0.1) is 0 Å². The average molecular weight is 262 g/mol. The van der Waals surface area contributed by atoms with E-state index in [4.69, 9.17) is 4.74 Å². The van der Waals surface area contributed by atoms with Crippen LogP contribution in [0.2, 0.25) is 0 Å². The third kappa shape index (κ3) is 2.86. The molecule has 2 rings (SSSR count). The van der Waals surface area contributed by atoms with Gasteiger partial charge in [-0.25, -0.2) is 0 Å². The van der Waals surface area contributed by atoms with Crippen LogP contribution in [0.4, 0.5) is 11.4 Å². The smallest absolute Gasteiger partial charge is 0.0665 e. The molecule has 1 aromatic rings. The lowest BCUT2D eigenvalue weighted by molar-refractivity contribution is -0.0975. The summed E-state index contributed by atoms with van der Waals surface area (Å²) in [6.07, 6.45) is 1.47. The Kier molecular flexibility index (Phi) is 4.04. The van der Waals surface area contributed by atoms with E-state index in [1.807, 2.05) is 0 Å². The summed E-state index contributed by atoms with van der Waals surface area (Å²) in [5, 5.41) is 3.65. The van der Waals surface area contributed by atoms with Gasteiger partial charge in [-0.2, -0.15) is 0 Å². The normalized spacial score (nSPS) is 24.7. The predicted octanol–water partition coefficient (Wildman–Crippen LogP) is 3.37. The molecule has 106 valence electrons. The molecule has 19 heavy (non-hydrogen) atoms. The summed E-state index contributed by atoms with van der Waals surface area (Å²) in [5.41, 5.74) is 2.62. The molecule has 1 fully saturated rings. The zero-order chi connectivity index (χ0) is 14.0. The van der Waals surface area contributed by atoms with Crippen LogP contribution in [0, 0.1) is 5.41 Å². The summed E-state index contributed by atoms with van der Waals surface area (Å²) in [6.45, 7) is 7.43. The first-order valence-electron chi connectivity index (χ1n) is 7.10. The van der Waals surface area contributed by atoms with Crippen molar-refractivity contribution >= 4 is 11.4 Å². The van der Waals surface area contributed by atoms with Gasteiger partial charge in [0.15, 0.2) is 0 Å². The quantitative estimate of drug-likeness (QED) is 0.880. The van der Waals surface area contributed by atoms with E-state index in [0.29, 0.717) is 12.1 Å². The Hall–Kier alpha value is -1.22. The van der Waals surface area contributed by atoms with Crippen LogP contribution in [0.25, 0.3) is 0 Å². The van der Waals surface area contributed by atoms with Crippen LogP contribution in [-0.2, 0) is 4.74 Å². The SMILES string of the molecule is CCOC1CC(Nc2cccc(N(C)C)c2)C1(C)C. The molecule has 0 radical (unpaired) electrons. The molecule has 0 saturated heterocycles. The molecule has 1 N–H and O–H groups in total. The lowest BCUT2D eigenvalue weighted by Gasteiger charge is -2.52. The van der Waals surface area contributed by atoms with E-state index in [2.05, 4.69) is 69.3 Å². The molecule has 0 aliphatic heterocycles. The van der Waals surface area contributed by atoms with Crippen molar-refractivity contribution in [2.45, 2.75) is 39.3 Å². The standard InChI is InChI=1S/C16H26N2O/c1-6-19-15-11-14(16(15,2)3)17-12-8-7-9-13(10-12)18(4)5/h7-10,14-15,17H,6,11H2,1-5H3. The van der Waals surface area contributed by atoms with Crippen molar-refractivity contribution in [1.82, 2.24) is 0 Å². The summed E-state index contributed by atoms with van der Waals surface area (Å²) in [6, 6.07) is 9.05. The topological polar surface area (TPSA) is 24.5 Å². The molecule has 1 aliphatic rings. The van der Waals surface area contributed by atoms with E-state index < -0.39 is 0 Å². The maximum absolute atomic E-state index is 5.77. The minimum Gasteiger partial charge on any atom is -0.382 e. The zero-order valence-electron chi connectivity index (χ0n) is 12.7. The number of anilines is 2. The Morgan fingerprint density at radius 3 is 2.68 bits per heavy atom. The van der Waals surface area contributed by atoms with Crippen molar-refractivity contribution in [3.8, 4) is 0 Å². The van der Waals surface area contributed by atoms with Crippen LogP contribution >= 0.6 is 0 Å². The van der Waals surface area contributed by atoms with E-state index in [9.17, 15) is 0 Å². The third-order valence-corrected chi connectivity index (χ3v) is 4.25. The zero-order valence-corrected chi connectivity index (χ0v) is 12.7. The molecule has 0 amide bonds. The Bertz CT molecular complexity index is 429. The number of rotatable bonds is 5. The molecule has 1 aliphatic carbocycles. The van der Waals surface area contributed by atoms with Gasteiger partial charge in [0.25, 0.3) is 0 Å². The van der Waals surface area contributed by atoms with Gasteiger partial charge in [-0.1, -0.05) is 19.9 Å². The number of benzene rings is 1. The van der Waals surface area contributed by atoms with Crippen molar-refractivity contribution in [2.24, 2.45) is 5.41 Å². The van der Waals surface area contributed by atoms with Crippen molar-refractivity contribution in [3.63, 3.8) is 0 Å². The largest absolute Gasteiger partial charge is 0.382 e. The van der Waals surface area contributed by atoms with E-state index in [0.717, 1.165) is 13.0 Å². The molecule has 2 unspecified atom stereocenters. The predicted molar refractivity (Wildman–Crippen MR) is 82.0 cm³/mol. The van der Waals surface area contributed by atoms with E-state index >= 15 is 0 Å². The van der Waals surface area contributed by atoms with E-state index in [1.54, 1.807) is 0 Å². The highest BCUT2D eigenvalue weighted by atomic mass is 16.5. The fraction of sp³-hybridized carbons (Fsp3) is 0.625. The van der Waals surface area contributed by atoms with Crippen LogP contribution < -0.4 is 10.2 Å². The van der Waals surface area contributed by atoms with Gasteiger partial charge in [0.1, 0.15) is 0 Å². The molecular weight excluding hydrogens is 236 g/mol. The van der Waals surface area contributed by atoms with Crippen molar-refractivity contribution in [1.29, 1.82) is 0 Å². The molecule has 1 aromatic carbocycles. The summed E-state index contributed by atoms with van der Waals surface area (Å²) >= 11 is 0. The number of hydrogen-bond acceptors (Lipinski definition) is 3. The van der Waals surface area contributed by atoms with Crippen LogP contribution in [0.5, 0.6) is 0 Å². The Morgan fingerprint density at radius 1 is 1.37 bits per heavy atom. The summed E-state index contributed by atoms with van der Waals surface area (Å²) < 4.78 is 5.77. The first-order chi connectivity index (χ1) is 8.95. The second kappa shape index (κ2) is 5.41. The van der Waals surface area contributed by atoms with Crippen LogP contribution in [0.3, 0.4) is 0 Å². The van der Waals surface area contributed by atoms with Crippen molar-refractivity contribution < 1.29 is 4.74 Å². The molecule has 0 heterocycles. The van der Waals surface area contributed by atoms with Gasteiger partial charge in [0, 0.05) is 43.5 Å². The van der Waals surface area contributed by atoms with Crippen molar-refractivity contribution in [3.05, 3.63) is 24.3 Å². The number of nitrogens with zero attached hydrogens (tertiary/aromatic N) is 1. The van der Waals surface area contributed by atoms with Crippen LogP contribution in [0.15, 0.2) is 24.3 Å². The number of ether oxygens (including phenoxy) is 1. The fourth-order valence-corrected chi connectivity index (χ4v) is 2.69. The van der Waals surface area contributed by atoms with Gasteiger partial charge in [-0.05, 0) is 31.5 Å². The molecule has 1 saturated carbocycles. The Balaban J connectivity index is 2.01. The van der Waals surface area contributed by atoms with Crippen LogP contribution in [0.1, 0.15) is 27.2 Å². The third-order valence-electron chi connectivity index (χ3n) is 4.25. The van der Waals surface area contributed by atoms with Gasteiger partial charge >= 0.3 is 0 Å². The van der Waals surface area contributed by atoms with E-state index in [1.165, 1.54) is 11.4 Å². The minimum absolute atomic E-state index is 0.199. The summed E-state index contributed by atoms with van der Waals surface area (Å²) in [7, 11) is 4.13. The van der Waals surface area contributed by atoms with E-state index in [-0.39, 0.29) is 5.41 Å². The van der Waals surface area contributed by atoms with Gasteiger partial charge in [-0.3, -0.25) is 0 Å². The number of hydrogen-bond donors (Lipinski definition) is 1. The first kappa shape index (κ1) is 14.2. The highest BCUT2D eigenvalue weighted by molar-refractivity contribution is 5.58. The summed E-state index contributed by atoms with van der Waals surface area (Å²) in [5.74, 6) is 0. The molecule has 3 heteroatoms. The molecule has 0 aromatic heterocycles. The Labute approximate surface area is 116 Å². The maximum Gasteiger partial charge on any atom is 0.0665 e. The van der Waals surface area contributed by atoms with Crippen molar-refractivity contribution in [2.75, 3.05) is 30.9 Å². The highest BCUT2D eigenvalue weighted by Gasteiger charge is 2.48. The molecule has 3 nitrogen and oxygen atoms in total. The lowest BCUT2D eigenvalue weighted by atomic mass is 9.64. The van der Waals surface area contributed by atoms with Gasteiger partial charge < -0.3 is 15.0 Å². The first-order valence-corrected chi connectivity index (χ1v) is 7.10. The van der Waals surface area contributed by atoms with Gasteiger partial charge in [0.2, 0.25) is 0 Å². The second-order valence-electron chi connectivity index (χ2n) is 6.14. The maximum atomic E-state index is 5.77. The minimum atomic E-state index is 0.199. The average Bonchev–Trinajstić information content (AvgIpc) is 2.38. The fourth-order valence-electron chi connectivity index (χ4n) is 2.69. The van der Waals surface area contributed by atoms with Crippen LogP contribution in [-0.4, -0.2) is 32.8 Å². The molecular formula is C16H26N2O. The van der Waals surface area contributed by atoms with Gasteiger partial charge in [0.05, 0.1) is 6.10 Å². The monoisotopic (exact) mass is 262 g/mol. The molecule has 0 spiro atoms. The molecule has 2 atom stereocenters. The molecule has 0 bridgehead atoms.